The first-order valence-corrected chi connectivity index (χ1v) is 12.8. The second-order valence-corrected chi connectivity index (χ2v) is 10.1. The molecule has 2 aromatic rings. The van der Waals surface area contributed by atoms with Crippen molar-refractivity contribution in [1.82, 2.24) is 19.6 Å². The summed E-state index contributed by atoms with van der Waals surface area (Å²) < 4.78 is 5.43. The topological polar surface area (TPSA) is 71.9 Å². The smallest absolute Gasteiger partial charge is 0.328 e. The number of fused-ring (bicyclic) bond motifs is 3. The zero-order valence-corrected chi connectivity index (χ0v) is 21.5. The Labute approximate surface area is 217 Å². The van der Waals surface area contributed by atoms with Gasteiger partial charge in [-0.25, -0.2) is 9.79 Å². The summed E-state index contributed by atoms with van der Waals surface area (Å²) in [6, 6.07) is 15.6. The van der Waals surface area contributed by atoms with Crippen LogP contribution in [0.25, 0.3) is 5.70 Å². The predicted octanol–water partition coefficient (Wildman–Crippen LogP) is 2.71. The molecule has 0 saturated carbocycles. The lowest BCUT2D eigenvalue weighted by atomic mass is 10.1. The van der Waals surface area contributed by atoms with Crippen molar-refractivity contribution < 1.29 is 14.3 Å². The Kier molecular flexibility index (Phi) is 5.97. The minimum absolute atomic E-state index is 0.203. The maximum atomic E-state index is 13.8. The average Bonchev–Trinajstić information content (AvgIpc) is 3.44. The number of ether oxygens (including phenoxy) is 1. The third kappa shape index (κ3) is 4.08. The summed E-state index contributed by atoms with van der Waals surface area (Å²) in [4.78, 5) is 41.4. The summed E-state index contributed by atoms with van der Waals surface area (Å²) in [6.45, 7) is 8.13. The molecule has 2 fully saturated rings. The lowest BCUT2D eigenvalue weighted by Gasteiger charge is -2.40. The number of benzene rings is 2. The number of morpholine rings is 1. The van der Waals surface area contributed by atoms with Gasteiger partial charge in [-0.15, -0.1) is 0 Å². The maximum absolute atomic E-state index is 13.8. The maximum Gasteiger partial charge on any atom is 0.328 e. The van der Waals surface area contributed by atoms with Gasteiger partial charge in [-0.2, -0.15) is 0 Å². The van der Waals surface area contributed by atoms with Crippen molar-refractivity contribution in [2.24, 2.45) is 4.99 Å². The van der Waals surface area contributed by atoms with Crippen molar-refractivity contribution in [3.8, 4) is 0 Å². The van der Waals surface area contributed by atoms with Gasteiger partial charge in [0.25, 0.3) is 5.91 Å². The molecule has 2 aromatic carbocycles. The fourth-order valence-corrected chi connectivity index (χ4v) is 5.65. The second kappa shape index (κ2) is 9.32. The monoisotopic (exact) mass is 500 g/mol. The van der Waals surface area contributed by atoms with Crippen LogP contribution in [0, 0.1) is 13.8 Å². The number of amides is 3. The Bertz CT molecular complexity index is 1270. The van der Waals surface area contributed by atoms with Gasteiger partial charge < -0.3 is 9.64 Å². The summed E-state index contributed by atoms with van der Waals surface area (Å²) in [7, 11) is 1.74. The van der Waals surface area contributed by atoms with E-state index in [2.05, 4.69) is 54.0 Å². The highest BCUT2D eigenvalue weighted by molar-refractivity contribution is 6.16. The number of nitrogens with zero attached hydrogens (tertiary/aromatic N) is 6. The number of aliphatic imine (C=N–C) groups is 1. The van der Waals surface area contributed by atoms with E-state index in [1.54, 1.807) is 11.9 Å². The molecule has 37 heavy (non-hydrogen) atoms. The molecule has 0 bridgehead atoms. The number of guanidine groups is 1. The number of hydrogen-bond donors (Lipinski definition) is 0. The van der Waals surface area contributed by atoms with Gasteiger partial charge in [0.15, 0.2) is 12.2 Å². The Hall–Kier alpha value is -3.69. The molecule has 4 heterocycles. The van der Waals surface area contributed by atoms with Gasteiger partial charge in [0.1, 0.15) is 0 Å². The molecule has 0 N–H and O–H groups in total. The molecule has 2 saturated heterocycles. The van der Waals surface area contributed by atoms with Crippen molar-refractivity contribution in [1.29, 1.82) is 0 Å². The van der Waals surface area contributed by atoms with Crippen molar-refractivity contribution in [3.05, 3.63) is 71.4 Å². The number of carbonyl (C=O) groups is 2. The summed E-state index contributed by atoms with van der Waals surface area (Å²) in [6.07, 6.45) is 1.44. The van der Waals surface area contributed by atoms with Gasteiger partial charge in [0.2, 0.25) is 5.96 Å². The van der Waals surface area contributed by atoms with Crippen molar-refractivity contribution in [2.45, 2.75) is 26.1 Å². The zero-order valence-electron chi connectivity index (χ0n) is 21.5. The highest BCUT2D eigenvalue weighted by Gasteiger charge is 2.54. The van der Waals surface area contributed by atoms with E-state index in [9.17, 15) is 9.59 Å². The van der Waals surface area contributed by atoms with Crippen molar-refractivity contribution in [3.63, 3.8) is 0 Å². The highest BCUT2D eigenvalue weighted by atomic mass is 16.5. The molecule has 4 aliphatic heterocycles. The molecule has 2 unspecified atom stereocenters. The molecular weight excluding hydrogens is 468 g/mol. The van der Waals surface area contributed by atoms with Crippen LogP contribution in [-0.4, -0.2) is 96.1 Å². The van der Waals surface area contributed by atoms with E-state index in [1.165, 1.54) is 4.90 Å². The first-order chi connectivity index (χ1) is 17.9. The summed E-state index contributed by atoms with van der Waals surface area (Å²) in [5.74, 6) is 0.466. The van der Waals surface area contributed by atoms with Crippen LogP contribution in [-0.2, 0) is 9.53 Å². The van der Waals surface area contributed by atoms with E-state index in [1.807, 2.05) is 29.3 Å². The van der Waals surface area contributed by atoms with Crippen molar-refractivity contribution in [2.75, 3.05) is 51.3 Å². The number of hydrogen-bond acceptors (Lipinski definition) is 7. The van der Waals surface area contributed by atoms with E-state index in [0.717, 1.165) is 41.2 Å². The molecule has 0 aliphatic carbocycles. The molecule has 2 atom stereocenters. The SMILES string of the molecule is Cc1cc(C)cc(N2C(c3ccccc3)=CN3C2=NC2C3C(=O)N(CCN3CCOCC3)C(=O)N2C)c1. The molecule has 6 rings (SSSR count). The highest BCUT2D eigenvalue weighted by Crippen LogP contribution is 2.40. The van der Waals surface area contributed by atoms with E-state index >= 15 is 0 Å². The standard InChI is InChI=1S/C28H32N6O3/c1-19-15-20(2)17-22(16-19)34-23(21-7-5-4-6-8-21)18-33-24-25(29-27(33)34)30(3)28(36)32(26(24)35)10-9-31-11-13-37-14-12-31/h4-8,15-18,24-25H,9-14H2,1-3H3. The number of rotatable bonds is 5. The molecule has 192 valence electrons. The number of imide groups is 1. The fourth-order valence-electron chi connectivity index (χ4n) is 5.65. The van der Waals surface area contributed by atoms with Crippen LogP contribution in [0.2, 0.25) is 0 Å². The minimum atomic E-state index is -0.600. The summed E-state index contributed by atoms with van der Waals surface area (Å²) >= 11 is 0. The zero-order chi connectivity index (χ0) is 25.7. The fraction of sp³-hybridized carbons (Fsp3) is 0.393. The third-order valence-electron chi connectivity index (χ3n) is 7.49. The van der Waals surface area contributed by atoms with Crippen LogP contribution in [0.1, 0.15) is 16.7 Å². The van der Waals surface area contributed by atoms with E-state index in [4.69, 9.17) is 9.73 Å². The van der Waals surface area contributed by atoms with E-state index < -0.39 is 12.2 Å². The molecule has 3 amide bonds. The second-order valence-electron chi connectivity index (χ2n) is 10.1. The number of urea groups is 1. The average molecular weight is 501 g/mol. The third-order valence-corrected chi connectivity index (χ3v) is 7.49. The van der Waals surface area contributed by atoms with Crippen LogP contribution in [0.15, 0.2) is 59.7 Å². The number of aryl methyl sites for hydroxylation is 2. The Morgan fingerprint density at radius 1 is 0.973 bits per heavy atom. The summed E-state index contributed by atoms with van der Waals surface area (Å²) in [5, 5.41) is 0. The lowest BCUT2D eigenvalue weighted by molar-refractivity contribution is -0.136. The predicted molar refractivity (Wildman–Crippen MR) is 142 cm³/mol. The van der Waals surface area contributed by atoms with Gasteiger partial charge in [-0.1, -0.05) is 36.4 Å². The van der Waals surface area contributed by atoms with E-state index in [0.29, 0.717) is 32.3 Å². The van der Waals surface area contributed by atoms with Gasteiger partial charge in [-0.3, -0.25) is 24.4 Å². The van der Waals surface area contributed by atoms with Crippen LogP contribution in [0.3, 0.4) is 0 Å². The summed E-state index contributed by atoms with van der Waals surface area (Å²) in [5.41, 5.74) is 5.27. The van der Waals surface area contributed by atoms with E-state index in [-0.39, 0.29) is 11.9 Å². The first-order valence-electron chi connectivity index (χ1n) is 12.8. The van der Waals surface area contributed by atoms with Gasteiger partial charge >= 0.3 is 6.03 Å². The molecule has 0 aromatic heterocycles. The van der Waals surface area contributed by atoms with Crippen molar-refractivity contribution >= 4 is 29.3 Å². The lowest BCUT2D eigenvalue weighted by Crippen LogP contribution is -2.65. The van der Waals surface area contributed by atoms with Gasteiger partial charge in [-0.05, 0) is 37.1 Å². The normalized spacial score (nSPS) is 23.9. The Morgan fingerprint density at radius 2 is 1.68 bits per heavy atom. The van der Waals surface area contributed by atoms with Gasteiger partial charge in [0.05, 0.1) is 18.9 Å². The molecule has 4 aliphatic rings. The van der Waals surface area contributed by atoms with Crippen LogP contribution in [0.5, 0.6) is 0 Å². The number of likely N-dealkylation sites (N-methyl/N-ethyl adjacent to an activating group) is 1. The van der Waals surface area contributed by atoms with Crippen LogP contribution >= 0.6 is 0 Å². The Morgan fingerprint density at radius 3 is 2.38 bits per heavy atom. The molecule has 0 spiro atoms. The molecule has 9 heteroatoms. The number of carbonyl (C=O) groups excluding carboxylic acids is 2. The quantitative estimate of drug-likeness (QED) is 0.629. The first kappa shape index (κ1) is 23.7. The molecule has 9 nitrogen and oxygen atoms in total. The number of anilines is 1. The Balaban J connectivity index is 1.35. The van der Waals surface area contributed by atoms with Crippen LogP contribution in [0.4, 0.5) is 10.5 Å². The largest absolute Gasteiger partial charge is 0.379 e. The molecule has 0 radical (unpaired) electrons. The minimum Gasteiger partial charge on any atom is -0.379 e. The van der Waals surface area contributed by atoms with Crippen LogP contribution < -0.4 is 4.90 Å². The van der Waals surface area contributed by atoms with Gasteiger partial charge in [0, 0.05) is 50.7 Å². The molecular formula is C28H32N6O3.